The lowest BCUT2D eigenvalue weighted by atomic mass is 10.0. The van der Waals surface area contributed by atoms with Gasteiger partial charge in [0.2, 0.25) is 5.89 Å². The molecule has 0 N–H and O–H groups in total. The third-order valence-corrected chi connectivity index (χ3v) is 5.08. The fraction of sp³-hybridized carbons (Fsp3) is 0.556. The molecule has 0 bridgehead atoms. The molecule has 0 spiro atoms. The van der Waals surface area contributed by atoms with Gasteiger partial charge in [0.05, 0.1) is 12.2 Å². The van der Waals surface area contributed by atoms with Crippen LogP contribution in [0.15, 0.2) is 28.8 Å². The van der Waals surface area contributed by atoms with Crippen LogP contribution in [0.25, 0.3) is 0 Å². The number of anilines is 1. The van der Waals surface area contributed by atoms with E-state index in [1.807, 2.05) is 12.1 Å². The first-order chi connectivity index (χ1) is 11.7. The fourth-order valence-electron chi connectivity index (χ4n) is 3.44. The van der Waals surface area contributed by atoms with E-state index in [4.69, 9.17) is 4.52 Å². The van der Waals surface area contributed by atoms with E-state index in [0.29, 0.717) is 24.2 Å². The Morgan fingerprint density at radius 3 is 2.67 bits per heavy atom. The van der Waals surface area contributed by atoms with Crippen molar-refractivity contribution in [3.8, 4) is 0 Å². The summed E-state index contributed by atoms with van der Waals surface area (Å²) in [6.07, 6.45) is 4.37. The predicted octanol–water partition coefficient (Wildman–Crippen LogP) is 3.19. The average molecular weight is 330 g/mol. The number of piperidine rings is 1. The zero-order chi connectivity index (χ0) is 16.5. The Labute approximate surface area is 141 Å². The minimum Gasteiger partial charge on any atom is -0.369 e. The largest absolute Gasteiger partial charge is 0.369 e. The first kappa shape index (κ1) is 15.6. The van der Waals surface area contributed by atoms with Gasteiger partial charge in [0.15, 0.2) is 5.82 Å². The van der Waals surface area contributed by atoms with Crippen molar-refractivity contribution in [1.29, 1.82) is 0 Å². The van der Waals surface area contributed by atoms with Crippen LogP contribution >= 0.6 is 0 Å². The molecule has 1 aliphatic carbocycles. The SMILES string of the molecule is CN(Cc1noc(C2CC2)n1)C1CCN(c2ccccc2F)CC1. The number of para-hydroxylation sites is 1. The van der Waals surface area contributed by atoms with Gasteiger partial charge in [-0.15, -0.1) is 0 Å². The highest BCUT2D eigenvalue weighted by Crippen LogP contribution is 2.38. The summed E-state index contributed by atoms with van der Waals surface area (Å²) in [6, 6.07) is 7.49. The molecule has 6 heteroatoms. The normalized spacial score (nSPS) is 19.2. The summed E-state index contributed by atoms with van der Waals surface area (Å²) in [4.78, 5) is 8.93. The number of rotatable bonds is 5. The van der Waals surface area contributed by atoms with E-state index in [9.17, 15) is 4.39 Å². The molecule has 2 aliphatic rings. The van der Waals surface area contributed by atoms with Crippen LogP contribution < -0.4 is 4.90 Å². The highest BCUT2D eigenvalue weighted by atomic mass is 19.1. The molecular weight excluding hydrogens is 307 g/mol. The molecular formula is C18H23FN4O. The molecule has 1 aliphatic heterocycles. The van der Waals surface area contributed by atoms with E-state index < -0.39 is 0 Å². The van der Waals surface area contributed by atoms with Crippen LogP contribution in [0.5, 0.6) is 0 Å². The Hall–Kier alpha value is -1.95. The zero-order valence-corrected chi connectivity index (χ0v) is 14.0. The maximum Gasteiger partial charge on any atom is 0.229 e. The molecule has 1 saturated heterocycles. The molecule has 0 radical (unpaired) electrons. The lowest BCUT2D eigenvalue weighted by Crippen LogP contribution is -2.43. The van der Waals surface area contributed by atoms with Crippen LogP contribution in [0, 0.1) is 5.82 Å². The first-order valence-corrected chi connectivity index (χ1v) is 8.73. The van der Waals surface area contributed by atoms with Crippen molar-refractivity contribution in [2.45, 2.75) is 44.2 Å². The van der Waals surface area contributed by atoms with Crippen molar-refractivity contribution in [2.24, 2.45) is 0 Å². The molecule has 4 rings (SSSR count). The van der Waals surface area contributed by atoms with Crippen LogP contribution in [-0.4, -0.2) is 41.2 Å². The molecule has 24 heavy (non-hydrogen) atoms. The summed E-state index contributed by atoms with van der Waals surface area (Å²) in [6.45, 7) is 2.45. The van der Waals surface area contributed by atoms with E-state index >= 15 is 0 Å². The standard InChI is InChI=1S/C18H23FN4O/c1-22(12-17-20-18(24-21-17)13-6-7-13)14-8-10-23(11-9-14)16-5-3-2-4-15(16)19/h2-5,13-14H,6-12H2,1H3. The summed E-state index contributed by atoms with van der Waals surface area (Å²) in [5.74, 6) is 1.94. The highest BCUT2D eigenvalue weighted by molar-refractivity contribution is 5.47. The summed E-state index contributed by atoms with van der Waals surface area (Å²) >= 11 is 0. The second kappa shape index (κ2) is 6.51. The summed E-state index contributed by atoms with van der Waals surface area (Å²) in [5.41, 5.74) is 0.714. The molecule has 1 saturated carbocycles. The highest BCUT2D eigenvalue weighted by Gasteiger charge is 2.30. The summed E-state index contributed by atoms with van der Waals surface area (Å²) in [5, 5.41) is 4.10. The lowest BCUT2D eigenvalue weighted by molar-refractivity contribution is 0.193. The zero-order valence-electron chi connectivity index (χ0n) is 14.0. The van der Waals surface area contributed by atoms with E-state index in [-0.39, 0.29) is 5.82 Å². The number of benzene rings is 1. The Morgan fingerprint density at radius 1 is 1.21 bits per heavy atom. The van der Waals surface area contributed by atoms with Gasteiger partial charge in [-0.25, -0.2) is 4.39 Å². The van der Waals surface area contributed by atoms with Crippen LogP contribution in [0.4, 0.5) is 10.1 Å². The fourth-order valence-corrected chi connectivity index (χ4v) is 3.44. The second-order valence-electron chi connectivity index (χ2n) is 6.91. The summed E-state index contributed by atoms with van der Waals surface area (Å²) in [7, 11) is 2.11. The van der Waals surface area contributed by atoms with Crippen LogP contribution in [-0.2, 0) is 6.54 Å². The van der Waals surface area contributed by atoms with Gasteiger partial charge < -0.3 is 9.42 Å². The number of hydrogen-bond donors (Lipinski definition) is 0. The molecule has 5 nitrogen and oxygen atoms in total. The minimum atomic E-state index is -0.135. The van der Waals surface area contributed by atoms with Gasteiger partial charge in [0, 0.05) is 25.0 Å². The lowest BCUT2D eigenvalue weighted by Gasteiger charge is -2.37. The average Bonchev–Trinajstić information content (AvgIpc) is 3.35. The molecule has 1 aromatic carbocycles. The molecule has 128 valence electrons. The second-order valence-corrected chi connectivity index (χ2v) is 6.91. The van der Waals surface area contributed by atoms with Gasteiger partial charge in [-0.3, -0.25) is 4.90 Å². The van der Waals surface area contributed by atoms with E-state index in [1.165, 1.54) is 18.9 Å². The molecule has 1 aromatic heterocycles. The van der Waals surface area contributed by atoms with Gasteiger partial charge in [-0.1, -0.05) is 17.3 Å². The number of nitrogens with zero attached hydrogens (tertiary/aromatic N) is 4. The molecule has 0 unspecified atom stereocenters. The van der Waals surface area contributed by atoms with Crippen molar-refractivity contribution in [3.63, 3.8) is 0 Å². The van der Waals surface area contributed by atoms with E-state index in [1.54, 1.807) is 6.07 Å². The molecule has 0 amide bonds. The van der Waals surface area contributed by atoms with Crippen molar-refractivity contribution in [3.05, 3.63) is 41.8 Å². The predicted molar refractivity (Wildman–Crippen MR) is 89.4 cm³/mol. The molecule has 2 fully saturated rings. The third-order valence-electron chi connectivity index (χ3n) is 5.08. The third kappa shape index (κ3) is 3.29. The topological polar surface area (TPSA) is 45.4 Å². The van der Waals surface area contributed by atoms with Gasteiger partial charge in [-0.05, 0) is 44.9 Å². The first-order valence-electron chi connectivity index (χ1n) is 8.73. The van der Waals surface area contributed by atoms with Crippen molar-refractivity contribution in [1.82, 2.24) is 15.0 Å². The number of aromatic nitrogens is 2. The molecule has 2 aromatic rings. The molecule has 0 atom stereocenters. The van der Waals surface area contributed by atoms with E-state index in [0.717, 1.165) is 37.6 Å². The van der Waals surface area contributed by atoms with Gasteiger partial charge in [-0.2, -0.15) is 4.98 Å². The number of hydrogen-bond acceptors (Lipinski definition) is 5. The van der Waals surface area contributed by atoms with Crippen molar-refractivity contribution >= 4 is 5.69 Å². The molecule has 2 heterocycles. The Bertz CT molecular complexity index is 692. The van der Waals surface area contributed by atoms with E-state index in [2.05, 4.69) is 27.0 Å². The van der Waals surface area contributed by atoms with Gasteiger partial charge in [0.25, 0.3) is 0 Å². The van der Waals surface area contributed by atoms with Gasteiger partial charge in [0.1, 0.15) is 5.82 Å². The summed E-state index contributed by atoms with van der Waals surface area (Å²) < 4.78 is 19.2. The van der Waals surface area contributed by atoms with Crippen LogP contribution in [0.3, 0.4) is 0 Å². The Kier molecular flexibility index (Phi) is 4.22. The smallest absolute Gasteiger partial charge is 0.229 e. The Morgan fingerprint density at radius 2 is 1.96 bits per heavy atom. The van der Waals surface area contributed by atoms with Crippen LogP contribution in [0.1, 0.15) is 43.3 Å². The number of halogens is 1. The van der Waals surface area contributed by atoms with Crippen molar-refractivity contribution in [2.75, 3.05) is 25.0 Å². The Balaban J connectivity index is 1.32. The monoisotopic (exact) mass is 330 g/mol. The quantitative estimate of drug-likeness (QED) is 0.842. The minimum absolute atomic E-state index is 0.135. The van der Waals surface area contributed by atoms with Crippen molar-refractivity contribution < 1.29 is 8.91 Å². The maximum atomic E-state index is 13.9. The maximum absolute atomic E-state index is 13.9. The van der Waals surface area contributed by atoms with Gasteiger partial charge >= 0.3 is 0 Å². The van der Waals surface area contributed by atoms with Crippen LogP contribution in [0.2, 0.25) is 0 Å².